The van der Waals surface area contributed by atoms with Gasteiger partial charge >= 0.3 is 6.18 Å². The number of rotatable bonds is 3. The molecular weight excluding hydrogens is 381 g/mol. The molecule has 0 saturated carbocycles. The van der Waals surface area contributed by atoms with Gasteiger partial charge in [-0.2, -0.15) is 13.2 Å². The van der Waals surface area contributed by atoms with Crippen molar-refractivity contribution in [1.82, 2.24) is 0 Å². The van der Waals surface area contributed by atoms with Crippen molar-refractivity contribution in [2.75, 3.05) is 10.6 Å². The van der Waals surface area contributed by atoms with Gasteiger partial charge in [0.2, 0.25) is 5.91 Å². The van der Waals surface area contributed by atoms with Crippen LogP contribution in [-0.2, 0) is 11.0 Å². The number of anilines is 2. The molecule has 1 aromatic carbocycles. The Morgan fingerprint density at radius 2 is 1.83 bits per heavy atom. The summed E-state index contributed by atoms with van der Waals surface area (Å²) in [7, 11) is 0. The zero-order chi connectivity index (χ0) is 17.2. The van der Waals surface area contributed by atoms with Gasteiger partial charge in [0, 0.05) is 12.6 Å². The first-order valence-electron chi connectivity index (χ1n) is 6.22. The van der Waals surface area contributed by atoms with Crippen LogP contribution in [0.5, 0.6) is 0 Å². The van der Waals surface area contributed by atoms with Gasteiger partial charge in [0.15, 0.2) is 10.4 Å². The summed E-state index contributed by atoms with van der Waals surface area (Å²) in [6.07, 6.45) is -4.71. The van der Waals surface area contributed by atoms with Gasteiger partial charge < -0.3 is 15.1 Å². The molecule has 0 atom stereocenters. The third-order valence-electron chi connectivity index (χ3n) is 2.69. The van der Waals surface area contributed by atoms with Crippen molar-refractivity contribution in [2.24, 2.45) is 0 Å². The maximum absolute atomic E-state index is 13.1. The summed E-state index contributed by atoms with van der Waals surface area (Å²) in [6.45, 7) is 1.18. The fourth-order valence-corrected chi connectivity index (χ4v) is 2.10. The second-order valence-corrected chi connectivity index (χ2v) is 5.28. The van der Waals surface area contributed by atoms with Crippen LogP contribution in [0, 0.1) is 0 Å². The Morgan fingerprint density at radius 1 is 1.13 bits per heavy atom. The molecule has 2 rings (SSSR count). The Hall–Kier alpha value is -2.29. The van der Waals surface area contributed by atoms with E-state index in [-0.39, 0.29) is 16.1 Å². The molecule has 0 fully saturated rings. The fraction of sp³-hybridized carbons (Fsp3) is 0.143. The maximum atomic E-state index is 13.1. The smallest absolute Gasteiger partial charge is 0.418 e. The third kappa shape index (κ3) is 4.35. The van der Waals surface area contributed by atoms with Crippen molar-refractivity contribution in [1.29, 1.82) is 0 Å². The third-order valence-corrected chi connectivity index (χ3v) is 3.12. The number of hydrogen-bond donors (Lipinski definition) is 2. The van der Waals surface area contributed by atoms with E-state index < -0.39 is 29.2 Å². The van der Waals surface area contributed by atoms with Crippen LogP contribution in [0.25, 0.3) is 0 Å². The summed E-state index contributed by atoms with van der Waals surface area (Å²) in [5.74, 6) is -1.47. The van der Waals surface area contributed by atoms with Crippen LogP contribution in [0.15, 0.2) is 39.4 Å². The van der Waals surface area contributed by atoms with Crippen molar-refractivity contribution in [3.05, 3.63) is 46.3 Å². The van der Waals surface area contributed by atoms with Crippen LogP contribution in [0.2, 0.25) is 0 Å². The highest BCUT2D eigenvalue weighted by Gasteiger charge is 2.34. The highest BCUT2D eigenvalue weighted by molar-refractivity contribution is 9.10. The first-order chi connectivity index (χ1) is 10.7. The van der Waals surface area contributed by atoms with E-state index in [4.69, 9.17) is 4.42 Å². The van der Waals surface area contributed by atoms with E-state index in [1.54, 1.807) is 0 Å². The quantitative estimate of drug-likeness (QED) is 0.821. The predicted octanol–water partition coefficient (Wildman–Crippen LogP) is 4.27. The molecule has 2 N–H and O–H groups in total. The topological polar surface area (TPSA) is 71.3 Å². The number of benzene rings is 1. The lowest BCUT2D eigenvalue weighted by atomic mass is 10.1. The van der Waals surface area contributed by atoms with Gasteiger partial charge in [-0.05, 0) is 46.3 Å². The standard InChI is InChI=1S/C14H10BrF3N2O3/c1-7(21)19-8-2-3-10(9(6-8)14(16,17)18)20-13(22)11-4-5-12(15)23-11/h2-6H,1H3,(H,19,21)(H,20,22). The second kappa shape index (κ2) is 6.45. The maximum Gasteiger partial charge on any atom is 0.418 e. The van der Waals surface area contributed by atoms with E-state index in [0.29, 0.717) is 0 Å². The fourth-order valence-electron chi connectivity index (χ4n) is 1.79. The number of furan rings is 1. The van der Waals surface area contributed by atoms with Crippen molar-refractivity contribution < 1.29 is 27.2 Å². The molecule has 0 bridgehead atoms. The molecule has 0 aliphatic heterocycles. The minimum atomic E-state index is -4.71. The molecular formula is C14H10BrF3N2O3. The van der Waals surface area contributed by atoms with Crippen LogP contribution < -0.4 is 10.6 Å². The predicted molar refractivity (Wildman–Crippen MR) is 80.1 cm³/mol. The summed E-state index contributed by atoms with van der Waals surface area (Å²) in [5, 5.41) is 4.40. The van der Waals surface area contributed by atoms with E-state index in [1.807, 2.05) is 0 Å². The first kappa shape index (κ1) is 17.1. The monoisotopic (exact) mass is 390 g/mol. The zero-order valence-electron chi connectivity index (χ0n) is 11.6. The number of nitrogens with one attached hydrogen (secondary N) is 2. The molecule has 0 unspecified atom stereocenters. The highest BCUT2D eigenvalue weighted by atomic mass is 79.9. The van der Waals surface area contributed by atoms with E-state index in [2.05, 4.69) is 26.6 Å². The average Bonchev–Trinajstić information content (AvgIpc) is 2.85. The molecule has 0 spiro atoms. The lowest BCUT2D eigenvalue weighted by Gasteiger charge is -2.15. The van der Waals surface area contributed by atoms with E-state index in [1.165, 1.54) is 25.1 Å². The summed E-state index contributed by atoms with van der Waals surface area (Å²) in [4.78, 5) is 22.9. The highest BCUT2D eigenvalue weighted by Crippen LogP contribution is 2.36. The zero-order valence-corrected chi connectivity index (χ0v) is 13.2. The van der Waals surface area contributed by atoms with Gasteiger partial charge in [-0.3, -0.25) is 9.59 Å². The van der Waals surface area contributed by atoms with Crippen LogP contribution in [0.1, 0.15) is 23.0 Å². The molecule has 2 amide bonds. The first-order valence-corrected chi connectivity index (χ1v) is 7.01. The number of hydrogen-bond acceptors (Lipinski definition) is 3. The van der Waals surface area contributed by atoms with Crippen molar-refractivity contribution >= 4 is 39.1 Å². The Kier molecular flexibility index (Phi) is 4.79. The van der Waals surface area contributed by atoms with Crippen molar-refractivity contribution in [3.63, 3.8) is 0 Å². The van der Waals surface area contributed by atoms with Crippen LogP contribution in [0.3, 0.4) is 0 Å². The summed E-state index contributed by atoms with van der Waals surface area (Å²) < 4.78 is 44.6. The number of amides is 2. The number of carbonyl (C=O) groups is 2. The Labute approximate surface area is 137 Å². The molecule has 9 heteroatoms. The Morgan fingerprint density at radius 3 is 2.35 bits per heavy atom. The summed E-state index contributed by atoms with van der Waals surface area (Å²) >= 11 is 3.00. The largest absolute Gasteiger partial charge is 0.444 e. The van der Waals surface area contributed by atoms with E-state index in [0.717, 1.165) is 12.1 Å². The number of carbonyl (C=O) groups excluding carboxylic acids is 2. The Bertz CT molecular complexity index is 756. The Balaban J connectivity index is 2.33. The minimum absolute atomic E-state index is 0.0245. The van der Waals surface area contributed by atoms with Gasteiger partial charge in [-0.1, -0.05) is 0 Å². The lowest BCUT2D eigenvalue weighted by Crippen LogP contribution is -2.17. The van der Waals surface area contributed by atoms with E-state index >= 15 is 0 Å². The van der Waals surface area contributed by atoms with Gasteiger partial charge in [-0.15, -0.1) is 0 Å². The number of halogens is 4. The van der Waals surface area contributed by atoms with Gasteiger partial charge in [-0.25, -0.2) is 0 Å². The normalized spacial score (nSPS) is 11.2. The summed E-state index contributed by atoms with van der Waals surface area (Å²) in [6, 6.07) is 5.82. The molecule has 1 aromatic heterocycles. The molecule has 23 heavy (non-hydrogen) atoms. The molecule has 122 valence electrons. The van der Waals surface area contributed by atoms with E-state index in [9.17, 15) is 22.8 Å². The van der Waals surface area contributed by atoms with Gasteiger partial charge in [0.1, 0.15) is 0 Å². The van der Waals surface area contributed by atoms with Crippen LogP contribution in [0.4, 0.5) is 24.5 Å². The van der Waals surface area contributed by atoms with Gasteiger partial charge in [0.05, 0.1) is 11.3 Å². The van der Waals surface area contributed by atoms with Crippen molar-refractivity contribution in [3.8, 4) is 0 Å². The molecule has 0 saturated heterocycles. The lowest BCUT2D eigenvalue weighted by molar-refractivity contribution is -0.137. The second-order valence-electron chi connectivity index (χ2n) is 4.50. The number of alkyl halides is 3. The van der Waals surface area contributed by atoms with Crippen molar-refractivity contribution in [2.45, 2.75) is 13.1 Å². The molecule has 0 radical (unpaired) electrons. The molecule has 5 nitrogen and oxygen atoms in total. The minimum Gasteiger partial charge on any atom is -0.444 e. The molecule has 0 aliphatic carbocycles. The van der Waals surface area contributed by atoms with Crippen LogP contribution in [-0.4, -0.2) is 11.8 Å². The van der Waals surface area contributed by atoms with Crippen LogP contribution >= 0.6 is 15.9 Å². The average molecular weight is 391 g/mol. The summed E-state index contributed by atoms with van der Waals surface area (Å²) in [5.41, 5.74) is -1.55. The SMILES string of the molecule is CC(=O)Nc1ccc(NC(=O)c2ccc(Br)o2)c(C(F)(F)F)c1. The van der Waals surface area contributed by atoms with Gasteiger partial charge in [0.25, 0.3) is 5.91 Å². The molecule has 0 aliphatic rings. The molecule has 2 aromatic rings. The molecule has 1 heterocycles.